The van der Waals surface area contributed by atoms with Gasteiger partial charge in [-0.25, -0.2) is 9.97 Å². The number of aromatic amines is 1. The number of piperidine rings is 1. The number of carbonyl (C=O) groups excluding carboxylic acids is 1. The lowest BCUT2D eigenvalue weighted by atomic mass is 10.0. The van der Waals surface area contributed by atoms with Crippen LogP contribution in [0.2, 0.25) is 0 Å². The van der Waals surface area contributed by atoms with E-state index in [1.165, 1.54) is 25.9 Å². The van der Waals surface area contributed by atoms with Crippen molar-refractivity contribution < 1.29 is 14.3 Å². The van der Waals surface area contributed by atoms with Gasteiger partial charge in [0.25, 0.3) is 5.91 Å². The summed E-state index contributed by atoms with van der Waals surface area (Å²) in [5, 5.41) is 0. The van der Waals surface area contributed by atoms with Crippen LogP contribution in [0.15, 0.2) is 48.8 Å². The summed E-state index contributed by atoms with van der Waals surface area (Å²) >= 11 is 0. The van der Waals surface area contributed by atoms with Crippen LogP contribution in [0, 0.1) is 0 Å². The molecule has 0 aliphatic carbocycles. The van der Waals surface area contributed by atoms with E-state index in [2.05, 4.69) is 45.7 Å². The Bertz CT molecular complexity index is 1690. The highest BCUT2D eigenvalue weighted by molar-refractivity contribution is 5.96. The van der Waals surface area contributed by atoms with Crippen molar-refractivity contribution in [3.63, 3.8) is 0 Å². The van der Waals surface area contributed by atoms with E-state index in [4.69, 9.17) is 19.4 Å². The first-order chi connectivity index (χ1) is 22.8. The van der Waals surface area contributed by atoms with Gasteiger partial charge in [0.05, 0.1) is 26.1 Å². The summed E-state index contributed by atoms with van der Waals surface area (Å²) in [6.45, 7) is 7.80. The first-order valence-corrected chi connectivity index (χ1v) is 16.7. The first-order valence-electron chi connectivity index (χ1n) is 16.7. The zero-order valence-electron chi connectivity index (χ0n) is 28.2. The maximum Gasteiger partial charge on any atom is 0.253 e. The summed E-state index contributed by atoms with van der Waals surface area (Å²) in [7, 11) is 9.76. The normalized spacial score (nSPS) is 18.6. The van der Waals surface area contributed by atoms with E-state index in [1.54, 1.807) is 20.4 Å². The number of fused-ring (bicyclic) bond motifs is 1. The van der Waals surface area contributed by atoms with Crippen molar-refractivity contribution in [1.82, 2.24) is 34.6 Å². The van der Waals surface area contributed by atoms with Crippen LogP contribution in [0.25, 0.3) is 33.5 Å². The minimum atomic E-state index is 0.0705. The highest BCUT2D eigenvalue weighted by Gasteiger charge is 2.33. The predicted octanol–water partition coefficient (Wildman–Crippen LogP) is 3.91. The van der Waals surface area contributed by atoms with Crippen LogP contribution < -0.4 is 14.4 Å². The largest absolute Gasteiger partial charge is 0.494 e. The zero-order chi connectivity index (χ0) is 32.7. The standard InChI is InChI=1S/C36H46N8O3/c1-40(2)28-22-44(23-28)36(45)25-8-6-24(7-9-25)29-20-37-35-33(29)39-30(21-38-35)26-18-31(46-4)34(32(19-26)47-5)43-16-14-42(15-17-43)27-10-12-41(3)13-11-27/h6-9,18-21,27-28H,10-17,22-23H2,1-5H3,(H,37,38). The number of hydrogen-bond donors (Lipinski definition) is 1. The molecule has 5 heterocycles. The minimum absolute atomic E-state index is 0.0705. The molecule has 3 fully saturated rings. The maximum atomic E-state index is 13.0. The number of anilines is 1. The number of nitrogens with one attached hydrogen (secondary N) is 1. The molecule has 0 saturated carbocycles. The molecule has 1 amide bonds. The van der Waals surface area contributed by atoms with Gasteiger partial charge in [0.15, 0.2) is 5.65 Å². The summed E-state index contributed by atoms with van der Waals surface area (Å²) < 4.78 is 11.9. The molecule has 3 aliphatic rings. The van der Waals surface area contributed by atoms with E-state index < -0.39 is 0 Å². The molecule has 0 radical (unpaired) electrons. The second kappa shape index (κ2) is 13.1. The molecule has 2 aromatic carbocycles. The lowest BCUT2D eigenvalue weighted by Gasteiger charge is -2.43. The van der Waals surface area contributed by atoms with Crippen LogP contribution in [0.1, 0.15) is 23.2 Å². The topological polar surface area (TPSA) is 93.3 Å². The molecule has 4 aromatic rings. The van der Waals surface area contributed by atoms with Crippen LogP contribution in [0.3, 0.4) is 0 Å². The van der Waals surface area contributed by atoms with Gasteiger partial charge in [-0.15, -0.1) is 0 Å². The van der Waals surface area contributed by atoms with Crippen LogP contribution in [-0.4, -0.2) is 140 Å². The molecular formula is C36H46N8O3. The van der Waals surface area contributed by atoms with Crippen LogP contribution in [0.5, 0.6) is 11.5 Å². The number of rotatable bonds is 8. The second-order valence-electron chi connectivity index (χ2n) is 13.3. The molecule has 0 bridgehead atoms. The quantitative estimate of drug-likeness (QED) is 0.309. The molecule has 3 saturated heterocycles. The number of amides is 1. The third kappa shape index (κ3) is 6.15. The summed E-state index contributed by atoms with van der Waals surface area (Å²) in [6.07, 6.45) is 6.20. The molecule has 47 heavy (non-hydrogen) atoms. The molecule has 0 atom stereocenters. The Morgan fingerprint density at radius 3 is 2.19 bits per heavy atom. The van der Waals surface area contributed by atoms with Gasteiger partial charge in [-0.2, -0.15) is 0 Å². The average molecular weight is 639 g/mol. The van der Waals surface area contributed by atoms with E-state index in [9.17, 15) is 4.79 Å². The van der Waals surface area contributed by atoms with E-state index in [-0.39, 0.29) is 5.91 Å². The van der Waals surface area contributed by atoms with Gasteiger partial charge in [-0.3, -0.25) is 9.69 Å². The lowest BCUT2D eigenvalue weighted by molar-refractivity contribution is 0.0399. The Morgan fingerprint density at radius 1 is 0.915 bits per heavy atom. The van der Waals surface area contributed by atoms with Crippen molar-refractivity contribution in [2.75, 3.05) is 92.6 Å². The number of piperazine rings is 1. The van der Waals surface area contributed by atoms with Gasteiger partial charge in [0.1, 0.15) is 22.7 Å². The maximum absolute atomic E-state index is 13.0. The van der Waals surface area contributed by atoms with Gasteiger partial charge in [-0.05, 0) is 76.9 Å². The summed E-state index contributed by atoms with van der Waals surface area (Å²) in [6, 6.07) is 13.0. The molecule has 3 aliphatic heterocycles. The molecule has 2 aromatic heterocycles. The van der Waals surface area contributed by atoms with E-state index in [1.807, 2.05) is 47.5 Å². The lowest BCUT2D eigenvalue weighted by Crippen LogP contribution is -2.59. The highest BCUT2D eigenvalue weighted by atomic mass is 16.5. The van der Waals surface area contributed by atoms with Crippen molar-refractivity contribution in [3.05, 3.63) is 54.4 Å². The summed E-state index contributed by atoms with van der Waals surface area (Å²) in [5.41, 5.74) is 6.67. The smallest absolute Gasteiger partial charge is 0.253 e. The summed E-state index contributed by atoms with van der Waals surface area (Å²) in [5.74, 6) is 1.60. The third-order valence-corrected chi connectivity index (χ3v) is 10.3. The monoisotopic (exact) mass is 638 g/mol. The van der Waals surface area contributed by atoms with Gasteiger partial charge in [0.2, 0.25) is 0 Å². The van der Waals surface area contributed by atoms with Gasteiger partial charge < -0.3 is 34.1 Å². The third-order valence-electron chi connectivity index (χ3n) is 10.3. The number of carbonyl (C=O) groups is 1. The molecular weight excluding hydrogens is 592 g/mol. The molecule has 0 unspecified atom stereocenters. The average Bonchev–Trinajstić information content (AvgIpc) is 3.50. The number of hydrogen-bond acceptors (Lipinski definition) is 9. The molecule has 1 N–H and O–H groups in total. The minimum Gasteiger partial charge on any atom is -0.494 e. The number of benzene rings is 2. The predicted molar refractivity (Wildman–Crippen MR) is 186 cm³/mol. The van der Waals surface area contributed by atoms with Gasteiger partial charge in [-0.1, -0.05) is 12.1 Å². The molecule has 7 rings (SSSR count). The van der Waals surface area contributed by atoms with Crippen molar-refractivity contribution in [1.29, 1.82) is 0 Å². The Kier molecular flexibility index (Phi) is 8.78. The number of nitrogens with zero attached hydrogens (tertiary/aromatic N) is 7. The Morgan fingerprint density at radius 2 is 1.57 bits per heavy atom. The Balaban J connectivity index is 1.11. The van der Waals surface area contributed by atoms with Crippen molar-refractivity contribution in [3.8, 4) is 33.9 Å². The Labute approximate surface area is 277 Å². The van der Waals surface area contributed by atoms with Crippen molar-refractivity contribution in [2.24, 2.45) is 0 Å². The highest BCUT2D eigenvalue weighted by Crippen LogP contribution is 2.42. The Hall–Kier alpha value is -4.19. The fourth-order valence-electron chi connectivity index (χ4n) is 7.20. The van der Waals surface area contributed by atoms with E-state index in [0.717, 1.165) is 84.4 Å². The van der Waals surface area contributed by atoms with E-state index in [0.29, 0.717) is 23.3 Å². The van der Waals surface area contributed by atoms with Crippen LogP contribution in [-0.2, 0) is 0 Å². The second-order valence-corrected chi connectivity index (χ2v) is 13.3. The fourth-order valence-corrected chi connectivity index (χ4v) is 7.20. The molecule has 11 nitrogen and oxygen atoms in total. The zero-order valence-corrected chi connectivity index (χ0v) is 28.2. The first kappa shape index (κ1) is 31.4. The van der Waals surface area contributed by atoms with Gasteiger partial charge >= 0.3 is 0 Å². The number of H-pyrrole nitrogens is 1. The van der Waals surface area contributed by atoms with Crippen LogP contribution in [0.4, 0.5) is 5.69 Å². The van der Waals surface area contributed by atoms with Crippen molar-refractivity contribution >= 4 is 22.8 Å². The molecule has 248 valence electrons. The molecule has 11 heteroatoms. The van der Waals surface area contributed by atoms with E-state index >= 15 is 0 Å². The van der Waals surface area contributed by atoms with Crippen LogP contribution >= 0.6 is 0 Å². The number of likely N-dealkylation sites (N-methyl/N-ethyl adjacent to an activating group) is 1. The SMILES string of the molecule is COc1cc(-c2cnc3[nH]cc(-c4ccc(C(=O)N5CC(N(C)C)C5)cc4)c3n2)cc(OC)c1N1CCN(C2CCN(C)CC2)CC1. The van der Waals surface area contributed by atoms with Gasteiger partial charge in [0, 0.05) is 74.2 Å². The number of aromatic nitrogens is 3. The molecule has 0 spiro atoms. The van der Waals surface area contributed by atoms with Crippen molar-refractivity contribution in [2.45, 2.75) is 24.9 Å². The number of ether oxygens (including phenoxy) is 2. The number of methoxy groups -OCH3 is 2. The summed E-state index contributed by atoms with van der Waals surface area (Å²) in [4.78, 5) is 37.6. The number of likely N-dealkylation sites (tertiary alicyclic amines) is 2. The fraction of sp³-hybridized carbons (Fsp3) is 0.472.